The highest BCUT2D eigenvalue weighted by molar-refractivity contribution is 5.93. The van der Waals surface area contributed by atoms with Crippen LogP contribution in [0.1, 0.15) is 16.2 Å². The van der Waals surface area contributed by atoms with Gasteiger partial charge in [-0.3, -0.25) is 4.79 Å². The van der Waals surface area contributed by atoms with Gasteiger partial charge in [0.2, 0.25) is 0 Å². The number of rotatable bonds is 5. The maximum Gasteiger partial charge on any atom is 0.273 e. The molecule has 7 heteroatoms. The van der Waals surface area contributed by atoms with Gasteiger partial charge in [-0.05, 0) is 12.1 Å². The van der Waals surface area contributed by atoms with Gasteiger partial charge >= 0.3 is 0 Å². The number of amides is 1. The van der Waals surface area contributed by atoms with E-state index in [4.69, 9.17) is 9.05 Å². The standard InChI is InChI=1S/C20H14FN3O3/c21-16-9-5-4-8-15(16)19-10-14(23-27-19)12-22-20(25)17-11-18(26-24-17)13-6-2-1-3-7-13/h1-11H,12H2,(H,22,25). The molecular weight excluding hydrogens is 349 g/mol. The van der Waals surface area contributed by atoms with Crippen molar-refractivity contribution in [3.05, 3.63) is 83.9 Å². The van der Waals surface area contributed by atoms with Crippen molar-refractivity contribution < 1.29 is 18.2 Å². The van der Waals surface area contributed by atoms with E-state index in [9.17, 15) is 9.18 Å². The highest BCUT2D eigenvalue weighted by Crippen LogP contribution is 2.23. The fraction of sp³-hybridized carbons (Fsp3) is 0.0500. The Morgan fingerprint density at radius 1 is 0.926 bits per heavy atom. The summed E-state index contributed by atoms with van der Waals surface area (Å²) in [4.78, 5) is 12.2. The first-order valence-electron chi connectivity index (χ1n) is 8.21. The molecule has 0 bridgehead atoms. The van der Waals surface area contributed by atoms with E-state index in [-0.39, 0.29) is 12.2 Å². The number of hydrogen-bond donors (Lipinski definition) is 1. The molecule has 6 nitrogen and oxygen atoms in total. The molecule has 4 aromatic rings. The third-order valence-electron chi connectivity index (χ3n) is 3.93. The summed E-state index contributed by atoms with van der Waals surface area (Å²) in [5.74, 6) is -0.00850. The molecule has 0 aliphatic carbocycles. The van der Waals surface area contributed by atoms with Crippen LogP contribution in [0.3, 0.4) is 0 Å². The van der Waals surface area contributed by atoms with Crippen LogP contribution in [0, 0.1) is 5.82 Å². The first-order chi connectivity index (χ1) is 13.2. The van der Waals surface area contributed by atoms with Gasteiger partial charge in [-0.15, -0.1) is 0 Å². The Hall–Kier alpha value is -3.74. The van der Waals surface area contributed by atoms with Crippen molar-refractivity contribution in [3.8, 4) is 22.6 Å². The number of carbonyl (C=O) groups is 1. The van der Waals surface area contributed by atoms with Gasteiger partial charge in [0.1, 0.15) is 11.5 Å². The number of aromatic nitrogens is 2. The molecule has 4 rings (SSSR count). The summed E-state index contributed by atoms with van der Waals surface area (Å²) in [7, 11) is 0. The fourth-order valence-electron chi connectivity index (χ4n) is 2.57. The molecule has 0 unspecified atom stereocenters. The van der Waals surface area contributed by atoms with E-state index in [1.165, 1.54) is 6.07 Å². The van der Waals surface area contributed by atoms with Crippen LogP contribution < -0.4 is 5.32 Å². The molecule has 0 atom stereocenters. The monoisotopic (exact) mass is 363 g/mol. The second-order valence-electron chi connectivity index (χ2n) is 5.79. The zero-order valence-corrected chi connectivity index (χ0v) is 14.1. The summed E-state index contributed by atoms with van der Waals surface area (Å²) in [5, 5.41) is 10.3. The molecular formula is C20H14FN3O3. The summed E-state index contributed by atoms with van der Waals surface area (Å²) in [6, 6.07) is 18.7. The van der Waals surface area contributed by atoms with Gasteiger partial charge < -0.3 is 14.4 Å². The fourth-order valence-corrected chi connectivity index (χ4v) is 2.57. The molecule has 0 radical (unpaired) electrons. The van der Waals surface area contributed by atoms with Crippen LogP contribution in [0.2, 0.25) is 0 Å². The zero-order valence-electron chi connectivity index (χ0n) is 14.1. The molecule has 2 aromatic heterocycles. The van der Waals surface area contributed by atoms with Crippen LogP contribution in [0.25, 0.3) is 22.6 Å². The van der Waals surface area contributed by atoms with Crippen LogP contribution >= 0.6 is 0 Å². The summed E-state index contributed by atoms with van der Waals surface area (Å²) in [6.45, 7) is 0.115. The van der Waals surface area contributed by atoms with E-state index in [1.807, 2.05) is 30.3 Å². The van der Waals surface area contributed by atoms with Crippen molar-refractivity contribution in [1.29, 1.82) is 0 Å². The van der Waals surface area contributed by atoms with E-state index >= 15 is 0 Å². The van der Waals surface area contributed by atoms with E-state index in [2.05, 4.69) is 15.6 Å². The molecule has 0 saturated heterocycles. The normalized spacial score (nSPS) is 10.7. The minimum absolute atomic E-state index is 0.115. The topological polar surface area (TPSA) is 81.2 Å². The van der Waals surface area contributed by atoms with E-state index in [0.29, 0.717) is 22.8 Å². The Kier molecular flexibility index (Phi) is 4.49. The van der Waals surface area contributed by atoms with E-state index < -0.39 is 11.7 Å². The average Bonchev–Trinajstić information content (AvgIpc) is 3.37. The maximum absolute atomic E-state index is 13.8. The van der Waals surface area contributed by atoms with Gasteiger partial charge in [0.15, 0.2) is 17.2 Å². The molecule has 1 N–H and O–H groups in total. The largest absolute Gasteiger partial charge is 0.356 e. The van der Waals surface area contributed by atoms with Gasteiger partial charge in [0.25, 0.3) is 5.91 Å². The minimum atomic E-state index is -0.406. The van der Waals surface area contributed by atoms with Crippen LogP contribution in [0.15, 0.2) is 75.8 Å². The SMILES string of the molecule is O=C(NCc1cc(-c2ccccc2F)on1)c1cc(-c2ccccc2)on1. The summed E-state index contributed by atoms with van der Waals surface area (Å²) in [5.41, 5.74) is 1.77. The Labute approximate surface area is 153 Å². The maximum atomic E-state index is 13.8. The number of nitrogens with one attached hydrogen (secondary N) is 1. The van der Waals surface area contributed by atoms with Crippen molar-refractivity contribution in [2.24, 2.45) is 0 Å². The minimum Gasteiger partial charge on any atom is -0.356 e. The van der Waals surface area contributed by atoms with E-state index in [1.54, 1.807) is 30.3 Å². The van der Waals surface area contributed by atoms with Crippen LogP contribution in [0.4, 0.5) is 4.39 Å². The third kappa shape index (κ3) is 3.62. The molecule has 0 aliphatic heterocycles. The molecule has 1 amide bonds. The Morgan fingerprint density at radius 2 is 1.67 bits per heavy atom. The molecule has 2 aromatic carbocycles. The number of nitrogens with zero attached hydrogens (tertiary/aromatic N) is 2. The van der Waals surface area contributed by atoms with Gasteiger partial charge in [0.05, 0.1) is 12.1 Å². The number of carbonyl (C=O) groups excluding carboxylic acids is 1. The number of halogens is 1. The molecule has 2 heterocycles. The van der Waals surface area contributed by atoms with Gasteiger partial charge in [-0.25, -0.2) is 4.39 Å². The molecule has 0 spiro atoms. The molecule has 0 aliphatic rings. The summed E-state index contributed by atoms with van der Waals surface area (Å²) >= 11 is 0. The van der Waals surface area contributed by atoms with Gasteiger partial charge in [0, 0.05) is 17.7 Å². The zero-order chi connectivity index (χ0) is 18.6. The first-order valence-corrected chi connectivity index (χ1v) is 8.21. The Bertz CT molecular complexity index is 1070. The van der Waals surface area contributed by atoms with Gasteiger partial charge in [-0.2, -0.15) is 0 Å². The lowest BCUT2D eigenvalue weighted by Crippen LogP contribution is -2.23. The molecule has 0 fully saturated rings. The van der Waals surface area contributed by atoms with Crippen molar-refractivity contribution in [2.75, 3.05) is 0 Å². The highest BCUT2D eigenvalue weighted by Gasteiger charge is 2.15. The van der Waals surface area contributed by atoms with Crippen LogP contribution in [0.5, 0.6) is 0 Å². The third-order valence-corrected chi connectivity index (χ3v) is 3.93. The molecule has 0 saturated carbocycles. The average molecular weight is 363 g/mol. The van der Waals surface area contributed by atoms with Crippen molar-refractivity contribution in [3.63, 3.8) is 0 Å². The first kappa shape index (κ1) is 16.7. The highest BCUT2D eigenvalue weighted by atomic mass is 19.1. The predicted octanol–water partition coefficient (Wildman–Crippen LogP) is 4.07. The lowest BCUT2D eigenvalue weighted by Gasteiger charge is -1.98. The Morgan fingerprint density at radius 3 is 2.48 bits per heavy atom. The smallest absolute Gasteiger partial charge is 0.273 e. The number of benzene rings is 2. The number of hydrogen-bond acceptors (Lipinski definition) is 5. The summed E-state index contributed by atoms with van der Waals surface area (Å²) in [6.07, 6.45) is 0. The second kappa shape index (κ2) is 7.25. The van der Waals surface area contributed by atoms with Crippen LogP contribution in [-0.2, 0) is 6.54 Å². The summed E-state index contributed by atoms with van der Waals surface area (Å²) < 4.78 is 24.2. The van der Waals surface area contributed by atoms with Gasteiger partial charge in [-0.1, -0.05) is 52.8 Å². The predicted molar refractivity (Wildman–Crippen MR) is 95.0 cm³/mol. The van der Waals surface area contributed by atoms with Crippen molar-refractivity contribution in [2.45, 2.75) is 6.54 Å². The second-order valence-corrected chi connectivity index (χ2v) is 5.79. The lowest BCUT2D eigenvalue weighted by molar-refractivity contribution is 0.0941. The molecule has 134 valence electrons. The molecule has 27 heavy (non-hydrogen) atoms. The van der Waals surface area contributed by atoms with Crippen molar-refractivity contribution in [1.82, 2.24) is 15.6 Å². The Balaban J connectivity index is 1.42. The van der Waals surface area contributed by atoms with E-state index in [0.717, 1.165) is 5.56 Å². The van der Waals surface area contributed by atoms with Crippen molar-refractivity contribution >= 4 is 5.91 Å². The van der Waals surface area contributed by atoms with Crippen LogP contribution in [-0.4, -0.2) is 16.2 Å². The lowest BCUT2D eigenvalue weighted by atomic mass is 10.1. The quantitative estimate of drug-likeness (QED) is 0.578.